The lowest BCUT2D eigenvalue weighted by Gasteiger charge is -2.34. The predicted molar refractivity (Wildman–Crippen MR) is 118 cm³/mol. The quantitative estimate of drug-likeness (QED) is 0.659. The second-order valence-corrected chi connectivity index (χ2v) is 9.31. The number of sulfonamides is 1. The summed E-state index contributed by atoms with van der Waals surface area (Å²) in [4.78, 5) is 14.3. The van der Waals surface area contributed by atoms with Gasteiger partial charge in [-0.2, -0.15) is 4.31 Å². The Morgan fingerprint density at radius 3 is 2.32 bits per heavy atom. The van der Waals surface area contributed by atoms with Gasteiger partial charge in [0.2, 0.25) is 10.0 Å². The smallest absolute Gasteiger partial charge is 0.317 e. The number of nitrogens with one attached hydrogen (secondary N) is 1. The van der Waals surface area contributed by atoms with E-state index in [9.17, 15) is 13.2 Å². The van der Waals surface area contributed by atoms with Crippen LogP contribution >= 0.6 is 0 Å². The van der Waals surface area contributed by atoms with Crippen LogP contribution in [0.15, 0.2) is 47.4 Å². The minimum absolute atomic E-state index is 0.230. The van der Waals surface area contributed by atoms with Crippen LogP contribution in [-0.4, -0.2) is 70.1 Å². The molecule has 8 nitrogen and oxygen atoms in total. The molecular weight excluding hydrogens is 418 g/mol. The number of hydrogen-bond donors (Lipinski definition) is 1. The largest absolute Gasteiger partial charge is 0.493 e. The van der Waals surface area contributed by atoms with Crippen LogP contribution in [0.1, 0.15) is 11.1 Å². The van der Waals surface area contributed by atoms with E-state index in [2.05, 4.69) is 5.32 Å². The molecule has 2 aromatic carbocycles. The highest BCUT2D eigenvalue weighted by molar-refractivity contribution is 7.89. The second-order valence-electron chi connectivity index (χ2n) is 7.37. The van der Waals surface area contributed by atoms with Gasteiger partial charge in [-0.15, -0.1) is 0 Å². The number of carbonyl (C=O) groups excluding carboxylic acids is 1. The molecule has 1 N–H and O–H groups in total. The normalized spacial score (nSPS) is 14.9. The molecule has 0 spiro atoms. The Hall–Kier alpha value is -2.78. The van der Waals surface area contributed by atoms with Crippen molar-refractivity contribution in [2.45, 2.75) is 18.7 Å². The fourth-order valence-corrected chi connectivity index (χ4v) is 4.83. The number of methoxy groups -OCH3 is 1. The Bertz CT molecular complexity index is 1020. The number of benzene rings is 2. The summed E-state index contributed by atoms with van der Waals surface area (Å²) in [5.41, 5.74) is 1.99. The summed E-state index contributed by atoms with van der Waals surface area (Å²) in [6.07, 6.45) is 0. The van der Waals surface area contributed by atoms with E-state index in [0.29, 0.717) is 42.6 Å². The van der Waals surface area contributed by atoms with Crippen LogP contribution in [0, 0.1) is 13.8 Å². The highest BCUT2D eigenvalue weighted by Gasteiger charge is 2.30. The molecule has 2 aromatic rings. The van der Waals surface area contributed by atoms with Crippen molar-refractivity contribution in [1.29, 1.82) is 0 Å². The Morgan fingerprint density at radius 2 is 1.68 bits per heavy atom. The minimum Gasteiger partial charge on any atom is -0.493 e. The summed E-state index contributed by atoms with van der Waals surface area (Å²) in [7, 11) is -1.99. The maximum atomic E-state index is 12.9. The molecule has 1 heterocycles. The van der Waals surface area contributed by atoms with Gasteiger partial charge < -0.3 is 19.7 Å². The van der Waals surface area contributed by atoms with Gasteiger partial charge in [0.25, 0.3) is 0 Å². The van der Waals surface area contributed by atoms with E-state index in [0.717, 1.165) is 11.1 Å². The van der Waals surface area contributed by atoms with E-state index in [1.807, 2.05) is 32.0 Å². The van der Waals surface area contributed by atoms with Crippen molar-refractivity contribution >= 4 is 16.1 Å². The van der Waals surface area contributed by atoms with Crippen molar-refractivity contribution in [2.75, 3.05) is 46.4 Å². The molecule has 0 saturated carbocycles. The number of ether oxygens (including phenoxy) is 2. The first kappa shape index (κ1) is 22.9. The minimum atomic E-state index is -3.57. The summed E-state index contributed by atoms with van der Waals surface area (Å²) in [5.74, 6) is 1.25. The van der Waals surface area contributed by atoms with Crippen LogP contribution in [0.5, 0.6) is 11.5 Å². The van der Waals surface area contributed by atoms with E-state index in [1.165, 1.54) is 4.31 Å². The van der Waals surface area contributed by atoms with Crippen molar-refractivity contribution in [2.24, 2.45) is 0 Å². The number of aryl methyl sites for hydroxylation is 2. The SMILES string of the molecule is COc1ccccc1OCCNC(=O)N1CCN(S(=O)(=O)c2ccc(C)c(C)c2)CC1. The first-order valence-corrected chi connectivity index (χ1v) is 11.6. The molecule has 1 fully saturated rings. The van der Waals surface area contributed by atoms with E-state index in [-0.39, 0.29) is 19.1 Å². The molecule has 3 rings (SSSR count). The molecule has 0 radical (unpaired) electrons. The second kappa shape index (κ2) is 10.0. The van der Waals surface area contributed by atoms with Crippen LogP contribution in [0.2, 0.25) is 0 Å². The molecule has 1 saturated heterocycles. The van der Waals surface area contributed by atoms with Gasteiger partial charge >= 0.3 is 6.03 Å². The Morgan fingerprint density at radius 1 is 1.00 bits per heavy atom. The highest BCUT2D eigenvalue weighted by Crippen LogP contribution is 2.25. The molecule has 0 atom stereocenters. The van der Waals surface area contributed by atoms with Gasteiger partial charge in [0, 0.05) is 26.2 Å². The van der Waals surface area contributed by atoms with Crippen molar-refractivity contribution in [3.05, 3.63) is 53.6 Å². The third-order valence-corrected chi connectivity index (χ3v) is 7.24. The number of piperazine rings is 1. The number of para-hydroxylation sites is 2. The zero-order valence-electron chi connectivity index (χ0n) is 18.1. The topological polar surface area (TPSA) is 88.2 Å². The number of amides is 2. The third kappa shape index (κ3) is 5.48. The van der Waals surface area contributed by atoms with Gasteiger partial charge in [-0.3, -0.25) is 0 Å². The zero-order valence-corrected chi connectivity index (χ0v) is 18.9. The monoisotopic (exact) mass is 447 g/mol. The van der Waals surface area contributed by atoms with Crippen LogP contribution in [0.25, 0.3) is 0 Å². The molecule has 31 heavy (non-hydrogen) atoms. The van der Waals surface area contributed by atoms with Crippen molar-refractivity contribution in [3.63, 3.8) is 0 Å². The zero-order chi connectivity index (χ0) is 22.4. The molecule has 0 aromatic heterocycles. The lowest BCUT2D eigenvalue weighted by Crippen LogP contribution is -2.53. The molecule has 1 aliphatic rings. The standard InChI is InChI=1S/C22H29N3O5S/c1-17-8-9-19(16-18(17)2)31(27,28)25-13-11-24(12-14-25)22(26)23-10-15-30-21-7-5-4-6-20(21)29-3/h4-9,16H,10-15H2,1-3H3,(H,23,26). The molecule has 2 amide bonds. The molecular formula is C22H29N3O5S. The molecule has 0 bridgehead atoms. The summed E-state index contributed by atoms with van der Waals surface area (Å²) in [6.45, 7) is 5.68. The van der Waals surface area contributed by atoms with Gasteiger partial charge in [0.05, 0.1) is 18.6 Å². The van der Waals surface area contributed by atoms with E-state index < -0.39 is 10.0 Å². The average molecular weight is 448 g/mol. The number of hydrogen-bond acceptors (Lipinski definition) is 5. The maximum absolute atomic E-state index is 12.9. The van der Waals surface area contributed by atoms with Crippen LogP contribution in [-0.2, 0) is 10.0 Å². The third-order valence-electron chi connectivity index (χ3n) is 5.35. The number of urea groups is 1. The van der Waals surface area contributed by atoms with Crippen molar-refractivity contribution < 1.29 is 22.7 Å². The lowest BCUT2D eigenvalue weighted by molar-refractivity contribution is 0.170. The van der Waals surface area contributed by atoms with Crippen molar-refractivity contribution in [3.8, 4) is 11.5 Å². The molecule has 0 aliphatic carbocycles. The number of rotatable bonds is 7. The van der Waals surface area contributed by atoms with Crippen LogP contribution < -0.4 is 14.8 Å². The Balaban J connectivity index is 1.46. The maximum Gasteiger partial charge on any atom is 0.317 e. The van der Waals surface area contributed by atoms with E-state index >= 15 is 0 Å². The summed E-state index contributed by atoms with van der Waals surface area (Å²) >= 11 is 0. The van der Waals surface area contributed by atoms with Gasteiger partial charge in [0.1, 0.15) is 6.61 Å². The van der Waals surface area contributed by atoms with Crippen LogP contribution in [0.3, 0.4) is 0 Å². The van der Waals surface area contributed by atoms with Crippen LogP contribution in [0.4, 0.5) is 4.79 Å². The fourth-order valence-electron chi connectivity index (χ4n) is 3.32. The Labute approximate surface area is 183 Å². The van der Waals surface area contributed by atoms with E-state index in [4.69, 9.17) is 9.47 Å². The first-order chi connectivity index (χ1) is 14.8. The van der Waals surface area contributed by atoms with Crippen molar-refractivity contribution in [1.82, 2.24) is 14.5 Å². The molecule has 1 aliphatic heterocycles. The first-order valence-electron chi connectivity index (χ1n) is 10.2. The Kier molecular flexibility index (Phi) is 7.40. The van der Waals surface area contributed by atoms with Gasteiger partial charge in [-0.05, 0) is 49.2 Å². The molecule has 9 heteroatoms. The predicted octanol–water partition coefficient (Wildman–Crippen LogP) is 2.41. The number of carbonyl (C=O) groups is 1. The van der Waals surface area contributed by atoms with Gasteiger partial charge in [-0.25, -0.2) is 13.2 Å². The average Bonchev–Trinajstić information content (AvgIpc) is 2.78. The fraction of sp³-hybridized carbons (Fsp3) is 0.409. The molecule has 168 valence electrons. The molecule has 0 unspecified atom stereocenters. The number of nitrogens with zero attached hydrogens (tertiary/aromatic N) is 2. The lowest BCUT2D eigenvalue weighted by atomic mass is 10.1. The summed E-state index contributed by atoms with van der Waals surface area (Å²) in [6, 6.07) is 12.2. The van der Waals surface area contributed by atoms with Gasteiger partial charge in [-0.1, -0.05) is 18.2 Å². The highest BCUT2D eigenvalue weighted by atomic mass is 32.2. The van der Waals surface area contributed by atoms with Gasteiger partial charge in [0.15, 0.2) is 11.5 Å². The summed E-state index contributed by atoms with van der Waals surface area (Å²) < 4.78 is 38.1. The van der Waals surface area contributed by atoms with E-state index in [1.54, 1.807) is 36.3 Å². The summed E-state index contributed by atoms with van der Waals surface area (Å²) in [5, 5.41) is 2.81.